The summed E-state index contributed by atoms with van der Waals surface area (Å²) >= 11 is 12.6. The fraction of sp³-hybridized carbons (Fsp3) is 0.350. The van der Waals surface area contributed by atoms with Crippen molar-refractivity contribution in [3.05, 3.63) is 58.1 Å². The summed E-state index contributed by atoms with van der Waals surface area (Å²) in [7, 11) is 0. The van der Waals surface area contributed by atoms with Crippen molar-refractivity contribution in [2.24, 2.45) is 5.10 Å². The number of nitrogens with zero attached hydrogens (tertiary/aromatic N) is 2. The maximum absolute atomic E-state index is 6.66. The Kier molecular flexibility index (Phi) is 5.38. The summed E-state index contributed by atoms with van der Waals surface area (Å²) in [6.07, 6.45) is 1.61. The average molecular weight is 422 g/mol. The van der Waals surface area contributed by atoms with Gasteiger partial charge in [-0.15, -0.1) is 0 Å². The molecule has 6 nitrogen and oxygen atoms in total. The largest absolute Gasteiger partial charge is 0.457 e. The highest BCUT2D eigenvalue weighted by atomic mass is 35.5. The molecule has 0 bridgehead atoms. The van der Waals surface area contributed by atoms with Crippen molar-refractivity contribution in [3.63, 3.8) is 0 Å². The normalized spacial score (nSPS) is 25.0. The summed E-state index contributed by atoms with van der Waals surface area (Å²) in [6.45, 7) is 5.05. The fourth-order valence-corrected chi connectivity index (χ4v) is 3.83. The van der Waals surface area contributed by atoms with Crippen LogP contribution in [0.4, 0.5) is 0 Å². The second-order valence-electron chi connectivity index (χ2n) is 6.83. The summed E-state index contributed by atoms with van der Waals surface area (Å²) in [5.41, 5.74) is 0.747. The SMILES string of the molecule is CC1COC(c2ccc(Oc3ccc(Cl)cc3)cc2Cl)(C(C)N2CNC=N2)O1. The molecule has 8 heteroatoms. The van der Waals surface area contributed by atoms with Gasteiger partial charge in [0.15, 0.2) is 0 Å². The van der Waals surface area contributed by atoms with Gasteiger partial charge < -0.3 is 19.5 Å². The zero-order valence-electron chi connectivity index (χ0n) is 15.6. The molecule has 2 aromatic rings. The van der Waals surface area contributed by atoms with E-state index in [1.54, 1.807) is 36.7 Å². The number of nitrogens with one attached hydrogen (secondary N) is 1. The van der Waals surface area contributed by atoms with Crippen LogP contribution in [0.3, 0.4) is 0 Å². The number of hydrogen-bond acceptors (Lipinski definition) is 6. The van der Waals surface area contributed by atoms with Crippen LogP contribution in [0.2, 0.25) is 10.0 Å². The van der Waals surface area contributed by atoms with Gasteiger partial charge in [-0.25, -0.2) is 0 Å². The second kappa shape index (κ2) is 7.79. The van der Waals surface area contributed by atoms with Gasteiger partial charge in [0.05, 0.1) is 17.7 Å². The Balaban J connectivity index is 1.63. The van der Waals surface area contributed by atoms with E-state index >= 15 is 0 Å². The third-order valence-corrected chi connectivity index (χ3v) is 5.39. The van der Waals surface area contributed by atoms with Crippen LogP contribution in [0, 0.1) is 0 Å². The van der Waals surface area contributed by atoms with Gasteiger partial charge in [0.25, 0.3) is 0 Å². The maximum atomic E-state index is 6.66. The predicted molar refractivity (Wildman–Crippen MR) is 109 cm³/mol. The Morgan fingerprint density at radius 1 is 1.21 bits per heavy atom. The van der Waals surface area contributed by atoms with Crippen LogP contribution in [0.25, 0.3) is 0 Å². The molecule has 3 atom stereocenters. The van der Waals surface area contributed by atoms with Gasteiger partial charge in [0.1, 0.15) is 30.5 Å². The summed E-state index contributed by atoms with van der Waals surface area (Å²) in [6, 6.07) is 12.5. The Hall–Kier alpha value is -1.99. The highest BCUT2D eigenvalue weighted by molar-refractivity contribution is 6.31. The third-order valence-electron chi connectivity index (χ3n) is 4.82. The lowest BCUT2D eigenvalue weighted by Crippen LogP contribution is -2.48. The van der Waals surface area contributed by atoms with Crippen LogP contribution in [-0.4, -0.2) is 36.8 Å². The highest BCUT2D eigenvalue weighted by Gasteiger charge is 2.50. The quantitative estimate of drug-likeness (QED) is 0.765. The van der Waals surface area contributed by atoms with E-state index < -0.39 is 5.79 Å². The van der Waals surface area contributed by atoms with E-state index in [2.05, 4.69) is 10.4 Å². The first-order valence-electron chi connectivity index (χ1n) is 9.05. The first-order valence-corrected chi connectivity index (χ1v) is 9.81. The Morgan fingerprint density at radius 2 is 1.96 bits per heavy atom. The molecule has 0 aromatic heterocycles. The molecule has 2 aliphatic heterocycles. The fourth-order valence-electron chi connectivity index (χ4n) is 3.40. The van der Waals surface area contributed by atoms with Gasteiger partial charge >= 0.3 is 0 Å². The number of hydrogen-bond donors (Lipinski definition) is 1. The first-order chi connectivity index (χ1) is 13.5. The summed E-state index contributed by atoms with van der Waals surface area (Å²) < 4.78 is 18.3. The molecule has 2 aliphatic rings. The first kappa shape index (κ1) is 19.3. The molecule has 0 saturated carbocycles. The van der Waals surface area contributed by atoms with Gasteiger partial charge in [-0.1, -0.05) is 23.2 Å². The molecule has 1 saturated heterocycles. The Morgan fingerprint density at radius 3 is 2.57 bits per heavy atom. The second-order valence-corrected chi connectivity index (χ2v) is 7.67. The van der Waals surface area contributed by atoms with Crippen molar-refractivity contribution in [2.75, 3.05) is 13.3 Å². The van der Waals surface area contributed by atoms with E-state index in [-0.39, 0.29) is 12.1 Å². The molecule has 0 spiro atoms. The van der Waals surface area contributed by atoms with Crippen LogP contribution < -0.4 is 10.1 Å². The molecule has 0 radical (unpaired) electrons. The summed E-state index contributed by atoms with van der Waals surface area (Å²) in [5, 5.41) is 10.5. The van der Waals surface area contributed by atoms with E-state index in [0.29, 0.717) is 34.8 Å². The molecule has 0 aliphatic carbocycles. The topological polar surface area (TPSA) is 55.3 Å². The van der Waals surface area contributed by atoms with Gasteiger partial charge in [0, 0.05) is 10.6 Å². The molecule has 28 heavy (non-hydrogen) atoms. The monoisotopic (exact) mass is 421 g/mol. The van der Waals surface area contributed by atoms with Crippen LogP contribution >= 0.6 is 23.2 Å². The van der Waals surface area contributed by atoms with E-state index in [9.17, 15) is 0 Å². The predicted octanol–water partition coefficient (Wildman–Crippen LogP) is 4.57. The van der Waals surface area contributed by atoms with Crippen molar-refractivity contribution in [3.8, 4) is 11.5 Å². The molecule has 0 amide bonds. The van der Waals surface area contributed by atoms with Crippen molar-refractivity contribution >= 4 is 29.5 Å². The molecule has 2 aromatic carbocycles. The third kappa shape index (κ3) is 3.65. The molecule has 1 N–H and O–H groups in total. The standard InChI is InChI=1S/C20H21Cl2N3O3/c1-13-10-26-20(28-13,14(2)25-12-23-11-24-25)18-8-7-17(9-19(18)22)27-16-5-3-15(21)4-6-16/h3-9,11,13-14H,10,12H2,1-2H3,(H,23,24). The van der Waals surface area contributed by atoms with Crippen LogP contribution in [-0.2, 0) is 15.3 Å². The molecule has 4 rings (SSSR count). The number of rotatable bonds is 5. The van der Waals surface area contributed by atoms with Gasteiger partial charge in [0.2, 0.25) is 5.79 Å². The van der Waals surface area contributed by atoms with Crippen LogP contribution in [0.15, 0.2) is 47.6 Å². The highest BCUT2D eigenvalue weighted by Crippen LogP contribution is 2.44. The van der Waals surface area contributed by atoms with Gasteiger partial charge in [-0.3, -0.25) is 5.01 Å². The molecule has 148 valence electrons. The van der Waals surface area contributed by atoms with Gasteiger partial charge in [-0.2, -0.15) is 5.10 Å². The molecular weight excluding hydrogens is 401 g/mol. The molecule has 1 fully saturated rings. The van der Waals surface area contributed by atoms with Crippen molar-refractivity contribution in [1.29, 1.82) is 0 Å². The smallest absolute Gasteiger partial charge is 0.219 e. The van der Waals surface area contributed by atoms with Crippen molar-refractivity contribution < 1.29 is 14.2 Å². The van der Waals surface area contributed by atoms with E-state index in [4.69, 9.17) is 37.4 Å². The average Bonchev–Trinajstić information content (AvgIpc) is 3.34. The number of hydrazone groups is 1. The molecular formula is C20H21Cl2N3O3. The number of ether oxygens (including phenoxy) is 3. The van der Waals surface area contributed by atoms with E-state index in [1.165, 1.54) is 0 Å². The lowest BCUT2D eigenvalue weighted by molar-refractivity contribution is -0.215. The van der Waals surface area contributed by atoms with Gasteiger partial charge in [-0.05, 0) is 56.3 Å². The lowest BCUT2D eigenvalue weighted by atomic mass is 9.98. The van der Waals surface area contributed by atoms with Crippen molar-refractivity contribution in [1.82, 2.24) is 10.3 Å². The Bertz CT molecular complexity index is 877. The minimum absolute atomic E-state index is 0.0527. The number of benzene rings is 2. The van der Waals surface area contributed by atoms with Crippen LogP contribution in [0.1, 0.15) is 19.4 Å². The lowest BCUT2D eigenvalue weighted by Gasteiger charge is -2.38. The molecule has 3 unspecified atom stereocenters. The van der Waals surface area contributed by atoms with Crippen LogP contribution in [0.5, 0.6) is 11.5 Å². The van der Waals surface area contributed by atoms with E-state index in [0.717, 1.165) is 5.56 Å². The summed E-state index contributed by atoms with van der Waals surface area (Å²) in [4.78, 5) is 0. The zero-order chi connectivity index (χ0) is 19.7. The minimum atomic E-state index is -1.02. The maximum Gasteiger partial charge on any atom is 0.219 e. The van der Waals surface area contributed by atoms with Crippen molar-refractivity contribution in [2.45, 2.75) is 31.8 Å². The summed E-state index contributed by atoms with van der Waals surface area (Å²) in [5.74, 6) is 0.278. The van der Waals surface area contributed by atoms with E-state index in [1.807, 2.05) is 31.0 Å². The Labute approximate surface area is 174 Å². The number of halogens is 2. The molecule has 2 heterocycles. The zero-order valence-corrected chi connectivity index (χ0v) is 17.1. The minimum Gasteiger partial charge on any atom is -0.457 e.